The Kier molecular flexibility index (Phi) is 8.38. The second-order valence-electron chi connectivity index (χ2n) is 10.4. The fraction of sp³-hybridized carbons (Fsp3) is 0.448. The number of ether oxygens (including phenoxy) is 2. The molecule has 5 heterocycles. The van der Waals surface area contributed by atoms with Crippen molar-refractivity contribution in [2.75, 3.05) is 57.9 Å². The monoisotopic (exact) mass is 562 g/mol. The standard InChI is InChI=1S/C29H35ClN8O2/c1-20-6-7-32-22(15-20)17-38-28(36-26-27(33-19-34-29(26)38)35-21-3-2-13-39-18-21)24-5-4-23(16-25(24)30)40-14-12-37-10-8-31-9-11-37/h4-7,15-16,19,21,31H,2-3,8-14,17-18H2,1H3,(H,33,34,35)/t21-/m0/s1. The van der Waals surface area contributed by atoms with Crippen molar-refractivity contribution in [3.8, 4) is 17.1 Å². The summed E-state index contributed by atoms with van der Waals surface area (Å²) in [6.07, 6.45) is 5.45. The number of halogens is 1. The van der Waals surface area contributed by atoms with E-state index in [0.717, 1.165) is 80.4 Å². The van der Waals surface area contributed by atoms with Gasteiger partial charge in [-0.15, -0.1) is 0 Å². The SMILES string of the molecule is Cc1ccnc(Cn2c(-c3ccc(OCCN4CCNCC4)cc3Cl)nc3c(N[C@H]4CCCOC4)ncnc32)c1. The van der Waals surface area contributed by atoms with Crippen LogP contribution < -0.4 is 15.4 Å². The Labute approximate surface area is 239 Å². The molecule has 0 bridgehead atoms. The highest BCUT2D eigenvalue weighted by molar-refractivity contribution is 6.33. The van der Waals surface area contributed by atoms with Crippen LogP contribution in [0.1, 0.15) is 24.1 Å². The lowest BCUT2D eigenvalue weighted by Gasteiger charge is -2.26. The zero-order valence-electron chi connectivity index (χ0n) is 22.8. The Morgan fingerprint density at radius 3 is 2.85 bits per heavy atom. The number of aromatic nitrogens is 5. The lowest BCUT2D eigenvalue weighted by atomic mass is 10.1. The van der Waals surface area contributed by atoms with Crippen molar-refractivity contribution in [2.24, 2.45) is 0 Å². The van der Waals surface area contributed by atoms with Gasteiger partial charge < -0.3 is 24.7 Å². The van der Waals surface area contributed by atoms with E-state index in [2.05, 4.69) is 48.0 Å². The van der Waals surface area contributed by atoms with Crippen molar-refractivity contribution in [2.45, 2.75) is 32.4 Å². The molecule has 11 heteroatoms. The molecular weight excluding hydrogens is 528 g/mol. The predicted molar refractivity (Wildman–Crippen MR) is 156 cm³/mol. The van der Waals surface area contributed by atoms with Gasteiger partial charge in [0, 0.05) is 51.1 Å². The minimum Gasteiger partial charge on any atom is -0.492 e. The molecule has 2 aliphatic rings. The van der Waals surface area contributed by atoms with Gasteiger partial charge >= 0.3 is 0 Å². The molecule has 0 amide bonds. The van der Waals surface area contributed by atoms with E-state index in [-0.39, 0.29) is 6.04 Å². The first-order chi connectivity index (χ1) is 19.6. The summed E-state index contributed by atoms with van der Waals surface area (Å²) in [5.41, 5.74) is 4.28. The number of rotatable bonds is 9. The van der Waals surface area contributed by atoms with Gasteiger partial charge in [-0.3, -0.25) is 9.88 Å². The maximum atomic E-state index is 6.88. The number of hydrogen-bond donors (Lipinski definition) is 2. The molecule has 3 aromatic heterocycles. The van der Waals surface area contributed by atoms with E-state index >= 15 is 0 Å². The molecule has 0 saturated carbocycles. The van der Waals surface area contributed by atoms with E-state index in [1.54, 1.807) is 6.33 Å². The number of pyridine rings is 1. The van der Waals surface area contributed by atoms with Crippen LogP contribution >= 0.6 is 11.6 Å². The van der Waals surface area contributed by atoms with E-state index in [4.69, 9.17) is 26.1 Å². The molecule has 2 saturated heterocycles. The Morgan fingerprint density at radius 1 is 1.15 bits per heavy atom. The van der Waals surface area contributed by atoms with E-state index in [9.17, 15) is 0 Å². The molecule has 6 rings (SSSR count). The first-order valence-corrected chi connectivity index (χ1v) is 14.3. The van der Waals surface area contributed by atoms with Crippen molar-refractivity contribution >= 4 is 28.6 Å². The highest BCUT2D eigenvalue weighted by Gasteiger charge is 2.22. The fourth-order valence-electron chi connectivity index (χ4n) is 5.29. The zero-order valence-corrected chi connectivity index (χ0v) is 23.5. The Bertz CT molecular complexity index is 1450. The van der Waals surface area contributed by atoms with Gasteiger partial charge in [-0.2, -0.15) is 0 Å². The molecule has 2 fully saturated rings. The molecule has 40 heavy (non-hydrogen) atoms. The molecule has 0 spiro atoms. The first kappa shape index (κ1) is 26.9. The summed E-state index contributed by atoms with van der Waals surface area (Å²) in [5.74, 6) is 2.15. The normalized spacial score (nSPS) is 18.2. The van der Waals surface area contributed by atoms with Crippen LogP contribution in [0.3, 0.4) is 0 Å². The Morgan fingerprint density at radius 2 is 2.05 bits per heavy atom. The fourth-order valence-corrected chi connectivity index (χ4v) is 5.54. The van der Waals surface area contributed by atoms with Crippen molar-refractivity contribution in [3.63, 3.8) is 0 Å². The summed E-state index contributed by atoms with van der Waals surface area (Å²) < 4.78 is 13.8. The second-order valence-corrected chi connectivity index (χ2v) is 10.8. The van der Waals surface area contributed by atoms with Gasteiger partial charge in [0.05, 0.1) is 29.9 Å². The summed E-state index contributed by atoms with van der Waals surface area (Å²) in [5, 5.41) is 7.48. The minimum atomic E-state index is 0.181. The highest BCUT2D eigenvalue weighted by Crippen LogP contribution is 2.34. The van der Waals surface area contributed by atoms with E-state index < -0.39 is 0 Å². The third-order valence-electron chi connectivity index (χ3n) is 7.39. The number of benzene rings is 1. The van der Waals surface area contributed by atoms with Crippen molar-refractivity contribution in [1.29, 1.82) is 0 Å². The van der Waals surface area contributed by atoms with E-state index in [0.29, 0.717) is 41.9 Å². The topological polar surface area (TPSA) is 102 Å². The quantitative estimate of drug-likeness (QED) is 0.315. The number of imidazole rings is 1. The molecule has 2 aliphatic heterocycles. The Hall–Kier alpha value is -3.31. The molecule has 1 atom stereocenters. The molecule has 210 valence electrons. The molecule has 2 N–H and O–H groups in total. The van der Waals surface area contributed by atoms with Gasteiger partial charge in [0.2, 0.25) is 0 Å². The third kappa shape index (κ3) is 6.20. The third-order valence-corrected chi connectivity index (χ3v) is 7.71. The first-order valence-electron chi connectivity index (χ1n) is 14.0. The molecule has 0 aliphatic carbocycles. The van der Waals surface area contributed by atoms with Gasteiger partial charge in [0.25, 0.3) is 0 Å². The van der Waals surface area contributed by atoms with Crippen LogP contribution in [-0.2, 0) is 11.3 Å². The number of aryl methyl sites for hydroxylation is 1. The van der Waals surface area contributed by atoms with Gasteiger partial charge in [-0.1, -0.05) is 11.6 Å². The van der Waals surface area contributed by atoms with Crippen LogP contribution in [0.2, 0.25) is 5.02 Å². The molecule has 10 nitrogen and oxygen atoms in total. The number of nitrogens with zero attached hydrogens (tertiary/aromatic N) is 6. The summed E-state index contributed by atoms with van der Waals surface area (Å²) in [7, 11) is 0. The second kappa shape index (κ2) is 12.5. The van der Waals surface area contributed by atoms with Gasteiger partial charge in [0.1, 0.15) is 24.5 Å². The van der Waals surface area contributed by atoms with Crippen molar-refractivity contribution in [1.82, 2.24) is 34.7 Å². The van der Waals surface area contributed by atoms with Gasteiger partial charge in [-0.25, -0.2) is 15.0 Å². The lowest BCUT2D eigenvalue weighted by Crippen LogP contribution is -2.44. The van der Waals surface area contributed by atoms with Crippen LogP contribution in [0.4, 0.5) is 5.82 Å². The van der Waals surface area contributed by atoms with Crippen LogP contribution in [0.25, 0.3) is 22.6 Å². The van der Waals surface area contributed by atoms with Gasteiger partial charge in [0.15, 0.2) is 17.0 Å². The lowest BCUT2D eigenvalue weighted by molar-refractivity contribution is 0.0875. The number of anilines is 1. The van der Waals surface area contributed by atoms with Crippen LogP contribution in [0.5, 0.6) is 5.75 Å². The smallest absolute Gasteiger partial charge is 0.166 e. The molecular formula is C29H35ClN8O2. The number of fused-ring (bicyclic) bond motifs is 1. The molecule has 4 aromatic rings. The van der Waals surface area contributed by atoms with Crippen LogP contribution in [0, 0.1) is 6.92 Å². The number of piperazine rings is 1. The number of hydrogen-bond acceptors (Lipinski definition) is 9. The summed E-state index contributed by atoms with van der Waals surface area (Å²) in [6.45, 7) is 9.64. The average Bonchev–Trinajstić information content (AvgIpc) is 3.33. The highest BCUT2D eigenvalue weighted by atomic mass is 35.5. The van der Waals surface area contributed by atoms with Crippen LogP contribution in [-0.4, -0.2) is 88.0 Å². The number of nitrogens with one attached hydrogen (secondary N) is 2. The summed E-state index contributed by atoms with van der Waals surface area (Å²) in [6, 6.07) is 10.0. The van der Waals surface area contributed by atoms with Crippen molar-refractivity contribution in [3.05, 3.63) is 59.1 Å². The molecule has 0 radical (unpaired) electrons. The van der Waals surface area contributed by atoms with E-state index in [1.165, 1.54) is 0 Å². The molecule has 1 aromatic carbocycles. The van der Waals surface area contributed by atoms with Gasteiger partial charge in [-0.05, 0) is 55.7 Å². The van der Waals surface area contributed by atoms with E-state index in [1.807, 2.05) is 30.5 Å². The maximum Gasteiger partial charge on any atom is 0.166 e. The summed E-state index contributed by atoms with van der Waals surface area (Å²) in [4.78, 5) is 21.2. The van der Waals surface area contributed by atoms with Crippen LogP contribution in [0.15, 0.2) is 42.9 Å². The minimum absolute atomic E-state index is 0.181. The molecule has 0 unspecified atom stereocenters. The summed E-state index contributed by atoms with van der Waals surface area (Å²) >= 11 is 6.88. The van der Waals surface area contributed by atoms with Crippen molar-refractivity contribution < 1.29 is 9.47 Å². The Balaban J connectivity index is 1.31. The maximum absolute atomic E-state index is 6.88. The zero-order chi connectivity index (χ0) is 27.3. The predicted octanol–water partition coefficient (Wildman–Crippen LogP) is 3.77. The average molecular weight is 563 g/mol. The largest absolute Gasteiger partial charge is 0.492 e.